The molecule has 0 saturated carbocycles. The summed E-state index contributed by atoms with van der Waals surface area (Å²) in [7, 11) is -4.31. The molecule has 2 N–H and O–H groups in total. The topological polar surface area (TPSA) is 119 Å². The molecule has 2 aromatic heterocycles. The number of sulfonamides is 1. The molecule has 0 aliphatic heterocycles. The third-order valence-electron chi connectivity index (χ3n) is 5.66. The first-order valence-corrected chi connectivity index (χ1v) is 13.5. The molecule has 0 atom stereocenters. The third kappa shape index (κ3) is 7.40. The van der Waals surface area contributed by atoms with Crippen LogP contribution in [0.25, 0.3) is 22.8 Å². The molecule has 16 heteroatoms. The molecule has 0 saturated heterocycles. The zero-order valence-electron chi connectivity index (χ0n) is 21.3. The zero-order chi connectivity index (χ0) is 30.8. The smallest absolute Gasteiger partial charge is 0.406 e. The van der Waals surface area contributed by atoms with Crippen LogP contribution in [-0.4, -0.2) is 29.9 Å². The van der Waals surface area contributed by atoms with Crippen molar-refractivity contribution >= 4 is 27.2 Å². The molecular weight excluding hydrogens is 604 g/mol. The average molecular weight is 622 g/mol. The van der Waals surface area contributed by atoms with Gasteiger partial charge in [-0.15, -0.1) is 13.2 Å². The number of ether oxygens (including phenoxy) is 1. The molecule has 5 aromatic rings. The van der Waals surface area contributed by atoms with Crippen molar-refractivity contribution in [3.05, 3.63) is 96.7 Å². The number of halogens is 6. The van der Waals surface area contributed by atoms with Crippen LogP contribution < -0.4 is 14.8 Å². The maximum Gasteiger partial charge on any atom is 0.573 e. The van der Waals surface area contributed by atoms with Crippen molar-refractivity contribution in [3.63, 3.8) is 0 Å². The summed E-state index contributed by atoms with van der Waals surface area (Å²) in [6, 6.07) is 17.3. The van der Waals surface area contributed by atoms with Gasteiger partial charge in [-0.25, -0.2) is 13.4 Å². The minimum absolute atomic E-state index is 0.0868. The Morgan fingerprint density at radius 1 is 0.791 bits per heavy atom. The van der Waals surface area contributed by atoms with E-state index in [1.807, 2.05) is 0 Å². The van der Waals surface area contributed by atoms with Gasteiger partial charge in [-0.05, 0) is 78.9 Å². The molecular formula is C27H17F6N5O4S. The first-order chi connectivity index (χ1) is 20.2. The fourth-order valence-corrected chi connectivity index (χ4v) is 4.82. The molecule has 43 heavy (non-hydrogen) atoms. The minimum Gasteiger partial charge on any atom is -0.406 e. The first-order valence-electron chi connectivity index (χ1n) is 12.0. The van der Waals surface area contributed by atoms with Crippen LogP contribution in [0, 0.1) is 0 Å². The van der Waals surface area contributed by atoms with Gasteiger partial charge in [-0.3, -0.25) is 4.72 Å². The number of aromatic nitrogens is 3. The van der Waals surface area contributed by atoms with E-state index in [4.69, 9.17) is 4.52 Å². The summed E-state index contributed by atoms with van der Waals surface area (Å²) in [5, 5.41) is 6.88. The van der Waals surface area contributed by atoms with Crippen LogP contribution in [0.15, 0.2) is 101 Å². The SMILES string of the molecule is O=S(=O)(Nc1ccc(-c2nc(-c3ccnc(Nc4ccc(OC(F)(F)F)cc4)c3)no2)cc1)c1cccc(C(F)(F)F)c1. The van der Waals surface area contributed by atoms with Gasteiger partial charge in [0.15, 0.2) is 0 Å². The van der Waals surface area contributed by atoms with E-state index >= 15 is 0 Å². The molecule has 0 spiro atoms. The highest BCUT2D eigenvalue weighted by molar-refractivity contribution is 7.92. The molecule has 5 rings (SSSR count). The standard InChI is InChI=1S/C27H17F6N5O4S/c28-26(29,30)18-2-1-3-22(15-18)43(39,40)38-20-6-4-16(5-7-20)25-36-24(37-42-25)17-12-13-34-23(14-17)35-19-8-10-21(11-9-19)41-27(31,32)33/h1-15,38H,(H,34,35). The van der Waals surface area contributed by atoms with Gasteiger partial charge in [0.1, 0.15) is 11.6 Å². The Morgan fingerprint density at radius 2 is 1.49 bits per heavy atom. The number of benzene rings is 3. The summed E-state index contributed by atoms with van der Waals surface area (Å²) < 4.78 is 113. The highest BCUT2D eigenvalue weighted by Gasteiger charge is 2.32. The Hall–Kier alpha value is -5.12. The summed E-state index contributed by atoms with van der Waals surface area (Å²) in [5.74, 6) is 0.239. The van der Waals surface area contributed by atoms with E-state index in [1.54, 1.807) is 12.1 Å². The van der Waals surface area contributed by atoms with Gasteiger partial charge < -0.3 is 14.6 Å². The predicted molar refractivity (Wildman–Crippen MR) is 142 cm³/mol. The first kappa shape index (κ1) is 29.4. The lowest BCUT2D eigenvalue weighted by atomic mass is 10.2. The van der Waals surface area contributed by atoms with Crippen LogP contribution in [0.2, 0.25) is 0 Å². The van der Waals surface area contributed by atoms with E-state index in [0.29, 0.717) is 28.7 Å². The number of pyridine rings is 1. The van der Waals surface area contributed by atoms with Crippen LogP contribution >= 0.6 is 0 Å². The lowest BCUT2D eigenvalue weighted by Gasteiger charge is -2.11. The lowest BCUT2D eigenvalue weighted by molar-refractivity contribution is -0.274. The van der Waals surface area contributed by atoms with Crippen molar-refractivity contribution in [2.45, 2.75) is 17.4 Å². The van der Waals surface area contributed by atoms with Crippen molar-refractivity contribution in [1.29, 1.82) is 0 Å². The molecule has 222 valence electrons. The molecule has 0 amide bonds. The number of alkyl halides is 6. The van der Waals surface area contributed by atoms with Gasteiger partial charge in [-0.2, -0.15) is 18.2 Å². The van der Waals surface area contributed by atoms with Gasteiger partial charge >= 0.3 is 12.5 Å². The largest absolute Gasteiger partial charge is 0.573 e. The summed E-state index contributed by atoms with van der Waals surface area (Å²) >= 11 is 0. The minimum atomic E-state index is -4.80. The molecule has 0 aliphatic rings. The quantitative estimate of drug-likeness (QED) is 0.174. The van der Waals surface area contributed by atoms with E-state index < -0.39 is 33.0 Å². The Morgan fingerprint density at radius 3 is 2.16 bits per heavy atom. The Bertz CT molecular complexity index is 1840. The number of hydrogen-bond acceptors (Lipinski definition) is 8. The van der Waals surface area contributed by atoms with Crippen LogP contribution in [0.5, 0.6) is 5.75 Å². The van der Waals surface area contributed by atoms with Gasteiger partial charge in [0.25, 0.3) is 15.9 Å². The predicted octanol–water partition coefficient (Wildman–Crippen LogP) is 7.26. The van der Waals surface area contributed by atoms with Crippen molar-refractivity contribution in [1.82, 2.24) is 15.1 Å². The highest BCUT2D eigenvalue weighted by atomic mass is 32.2. The second-order valence-electron chi connectivity index (χ2n) is 8.76. The van der Waals surface area contributed by atoms with Crippen molar-refractivity contribution in [2.75, 3.05) is 10.0 Å². The van der Waals surface area contributed by atoms with Gasteiger partial charge in [-0.1, -0.05) is 11.2 Å². The zero-order valence-corrected chi connectivity index (χ0v) is 22.1. The van der Waals surface area contributed by atoms with E-state index in [-0.39, 0.29) is 23.2 Å². The molecule has 2 heterocycles. The van der Waals surface area contributed by atoms with Crippen molar-refractivity contribution < 1.29 is 44.0 Å². The van der Waals surface area contributed by atoms with Crippen molar-refractivity contribution in [2.24, 2.45) is 0 Å². The number of rotatable bonds is 8. The number of anilines is 3. The van der Waals surface area contributed by atoms with Crippen LogP contribution in [0.3, 0.4) is 0 Å². The van der Waals surface area contributed by atoms with E-state index in [2.05, 4.69) is 29.9 Å². The second kappa shape index (κ2) is 11.3. The molecule has 0 aliphatic carbocycles. The Balaban J connectivity index is 1.27. The normalized spacial score (nSPS) is 12.1. The fourth-order valence-electron chi connectivity index (χ4n) is 3.72. The third-order valence-corrected chi connectivity index (χ3v) is 7.04. The Kier molecular flexibility index (Phi) is 7.71. The van der Waals surface area contributed by atoms with Crippen LogP contribution in [0.1, 0.15) is 5.56 Å². The molecule has 0 fully saturated rings. The summed E-state index contributed by atoms with van der Waals surface area (Å²) in [5.41, 5.74) is 0.355. The van der Waals surface area contributed by atoms with Crippen LogP contribution in [0.4, 0.5) is 43.5 Å². The monoisotopic (exact) mass is 621 g/mol. The molecule has 0 unspecified atom stereocenters. The van der Waals surface area contributed by atoms with Crippen LogP contribution in [-0.2, 0) is 16.2 Å². The van der Waals surface area contributed by atoms with E-state index in [9.17, 15) is 34.8 Å². The second-order valence-corrected chi connectivity index (χ2v) is 10.4. The molecule has 3 aromatic carbocycles. The number of nitrogens with zero attached hydrogens (tertiary/aromatic N) is 3. The molecule has 0 radical (unpaired) electrons. The van der Waals surface area contributed by atoms with E-state index in [0.717, 1.165) is 30.3 Å². The van der Waals surface area contributed by atoms with Gasteiger partial charge in [0, 0.05) is 28.7 Å². The summed E-state index contributed by atoms with van der Waals surface area (Å²) in [6.45, 7) is 0. The van der Waals surface area contributed by atoms with Gasteiger partial charge in [0.05, 0.1) is 10.5 Å². The van der Waals surface area contributed by atoms with Gasteiger partial charge in [0.2, 0.25) is 5.82 Å². The average Bonchev–Trinajstić information content (AvgIpc) is 3.44. The molecule has 0 bridgehead atoms. The summed E-state index contributed by atoms with van der Waals surface area (Å²) in [4.78, 5) is 7.94. The Labute approximate surface area is 239 Å². The molecule has 9 nitrogen and oxygen atoms in total. The van der Waals surface area contributed by atoms with Crippen molar-refractivity contribution in [3.8, 4) is 28.6 Å². The summed E-state index contributed by atoms with van der Waals surface area (Å²) in [6.07, 6.45) is -8.04. The number of hydrogen-bond donors (Lipinski definition) is 2. The lowest BCUT2D eigenvalue weighted by Crippen LogP contribution is -2.16. The maximum atomic E-state index is 13.0. The maximum absolute atomic E-state index is 13.0. The fraction of sp³-hybridized carbons (Fsp3) is 0.0741. The number of nitrogens with one attached hydrogen (secondary N) is 2. The van der Waals surface area contributed by atoms with E-state index in [1.165, 1.54) is 42.6 Å². The highest BCUT2D eigenvalue weighted by Crippen LogP contribution is 2.31.